The van der Waals surface area contributed by atoms with Crippen molar-refractivity contribution in [3.8, 4) is 0 Å². The average Bonchev–Trinajstić information content (AvgIpc) is 2.59. The van der Waals surface area contributed by atoms with E-state index < -0.39 is 6.10 Å². The number of nitrogens with one attached hydrogen (secondary N) is 1. The van der Waals surface area contributed by atoms with E-state index in [-0.39, 0.29) is 30.9 Å². The Hall–Kier alpha value is -0.320. The van der Waals surface area contributed by atoms with Gasteiger partial charge in [0, 0.05) is 19.1 Å². The van der Waals surface area contributed by atoms with Crippen molar-refractivity contribution in [2.45, 2.75) is 58.1 Å². The van der Waals surface area contributed by atoms with Crippen LogP contribution in [0.5, 0.6) is 0 Å². The van der Waals surface area contributed by atoms with E-state index >= 15 is 0 Å². The molecule has 0 aliphatic carbocycles. The van der Waals surface area contributed by atoms with Gasteiger partial charge in [0.25, 0.3) is 0 Å². The second-order valence-corrected chi connectivity index (χ2v) is 7.29. The quantitative estimate of drug-likeness (QED) is 0.653. The second-order valence-electron chi connectivity index (χ2n) is 7.29. The molecule has 2 rings (SSSR count). The Morgan fingerprint density at radius 3 is 2.24 bits per heavy atom. The summed E-state index contributed by atoms with van der Waals surface area (Å²) < 4.78 is 0. The fraction of sp³-hybridized carbons (Fsp3) is 0.700. The van der Waals surface area contributed by atoms with Crippen LogP contribution in [-0.4, -0.2) is 42.2 Å². The van der Waals surface area contributed by atoms with Crippen molar-refractivity contribution in [1.82, 2.24) is 10.2 Å². The molecule has 0 aromatic heterocycles. The van der Waals surface area contributed by atoms with Crippen LogP contribution < -0.4 is 5.32 Å². The summed E-state index contributed by atoms with van der Waals surface area (Å²) in [5.74, 6) is 0.671. The lowest BCUT2D eigenvalue weighted by Gasteiger charge is -2.29. The molecule has 2 atom stereocenters. The largest absolute Gasteiger partial charge is 0.387 e. The van der Waals surface area contributed by atoms with Crippen LogP contribution in [0.4, 0.5) is 0 Å². The van der Waals surface area contributed by atoms with Crippen molar-refractivity contribution in [2.75, 3.05) is 26.2 Å². The number of benzene rings is 1. The maximum atomic E-state index is 10.8. The molecule has 0 spiro atoms. The molecule has 0 saturated carbocycles. The first-order valence-electron chi connectivity index (χ1n) is 9.35. The Kier molecular flexibility index (Phi) is 13.7. The van der Waals surface area contributed by atoms with Gasteiger partial charge in [-0.15, -0.1) is 24.8 Å². The lowest BCUT2D eigenvalue weighted by atomic mass is 9.95. The van der Waals surface area contributed by atoms with Gasteiger partial charge in [0.05, 0.1) is 6.10 Å². The van der Waals surface area contributed by atoms with Crippen molar-refractivity contribution in [3.05, 3.63) is 35.9 Å². The van der Waals surface area contributed by atoms with Crippen LogP contribution in [0.25, 0.3) is 0 Å². The summed E-state index contributed by atoms with van der Waals surface area (Å²) >= 11 is 0. The van der Waals surface area contributed by atoms with Gasteiger partial charge < -0.3 is 15.3 Å². The molecule has 0 amide bonds. The molecule has 2 N–H and O–H groups in total. The first-order chi connectivity index (χ1) is 11.2. The molecule has 1 saturated heterocycles. The summed E-state index contributed by atoms with van der Waals surface area (Å²) in [6.45, 7) is 9.03. The first-order valence-corrected chi connectivity index (χ1v) is 9.35. The number of hydrogen-bond donors (Lipinski definition) is 2. The van der Waals surface area contributed by atoms with E-state index in [1.165, 1.54) is 32.4 Å². The zero-order valence-corrected chi connectivity index (χ0v) is 17.3. The van der Waals surface area contributed by atoms with Crippen molar-refractivity contribution < 1.29 is 5.11 Å². The maximum Gasteiger partial charge on any atom is 0.0942 e. The van der Waals surface area contributed by atoms with Gasteiger partial charge in [0.1, 0.15) is 0 Å². The highest BCUT2D eigenvalue weighted by atomic mass is 35.5. The molecule has 146 valence electrons. The molecule has 0 unspecified atom stereocenters. The van der Waals surface area contributed by atoms with Gasteiger partial charge in [-0.05, 0) is 50.3 Å². The van der Waals surface area contributed by atoms with Crippen molar-refractivity contribution >= 4 is 24.8 Å². The van der Waals surface area contributed by atoms with Gasteiger partial charge in [-0.1, -0.05) is 50.6 Å². The highest BCUT2D eigenvalue weighted by Crippen LogP contribution is 2.21. The van der Waals surface area contributed by atoms with Gasteiger partial charge in [-0.25, -0.2) is 0 Å². The van der Waals surface area contributed by atoms with Gasteiger partial charge in [-0.2, -0.15) is 0 Å². The number of aliphatic hydroxyl groups is 1. The SMILES string of the molecule is CC(C)CC[C@H](NCCN1CCCCC1)[C@H](O)c1ccccc1.Cl.Cl. The summed E-state index contributed by atoms with van der Waals surface area (Å²) in [7, 11) is 0. The minimum Gasteiger partial charge on any atom is -0.387 e. The zero-order chi connectivity index (χ0) is 16.5. The summed E-state index contributed by atoms with van der Waals surface area (Å²) in [4.78, 5) is 2.55. The highest BCUT2D eigenvalue weighted by Gasteiger charge is 2.21. The summed E-state index contributed by atoms with van der Waals surface area (Å²) in [6.07, 6.45) is 5.80. The Labute approximate surface area is 166 Å². The zero-order valence-electron chi connectivity index (χ0n) is 15.7. The molecule has 1 aliphatic rings. The van der Waals surface area contributed by atoms with Crippen molar-refractivity contribution in [2.24, 2.45) is 5.92 Å². The summed E-state index contributed by atoms with van der Waals surface area (Å²) in [5.41, 5.74) is 1.02. The number of hydrogen-bond acceptors (Lipinski definition) is 3. The Morgan fingerprint density at radius 1 is 1.00 bits per heavy atom. The van der Waals surface area contributed by atoms with E-state index in [1.54, 1.807) is 0 Å². The van der Waals surface area contributed by atoms with Gasteiger partial charge in [-0.3, -0.25) is 0 Å². The van der Waals surface area contributed by atoms with E-state index in [4.69, 9.17) is 0 Å². The van der Waals surface area contributed by atoms with Gasteiger partial charge in [0.15, 0.2) is 0 Å². The third-order valence-electron chi connectivity index (χ3n) is 4.86. The van der Waals surface area contributed by atoms with E-state index in [0.29, 0.717) is 5.92 Å². The number of halogens is 2. The molecule has 3 nitrogen and oxygen atoms in total. The molecule has 1 heterocycles. The third-order valence-corrected chi connectivity index (χ3v) is 4.86. The Balaban J connectivity index is 0.00000288. The first kappa shape index (κ1) is 24.7. The number of aliphatic hydroxyl groups excluding tert-OH is 1. The predicted molar refractivity (Wildman–Crippen MR) is 112 cm³/mol. The molecule has 0 bridgehead atoms. The number of likely N-dealkylation sites (tertiary alicyclic amines) is 1. The Bertz CT molecular complexity index is 425. The van der Waals surface area contributed by atoms with Crippen LogP contribution in [-0.2, 0) is 0 Å². The summed E-state index contributed by atoms with van der Waals surface area (Å²) in [6, 6.07) is 10.2. The van der Waals surface area contributed by atoms with E-state index in [1.807, 2.05) is 30.3 Å². The van der Waals surface area contributed by atoms with Crippen LogP contribution in [0.3, 0.4) is 0 Å². The van der Waals surface area contributed by atoms with E-state index in [0.717, 1.165) is 31.5 Å². The van der Waals surface area contributed by atoms with Crippen LogP contribution in [0.2, 0.25) is 0 Å². The average molecular weight is 391 g/mol. The minimum atomic E-state index is -0.420. The predicted octanol–water partition coefficient (Wildman–Crippen LogP) is 4.44. The molecule has 5 heteroatoms. The monoisotopic (exact) mass is 390 g/mol. The second kappa shape index (κ2) is 13.8. The fourth-order valence-corrected chi connectivity index (χ4v) is 3.36. The van der Waals surface area contributed by atoms with E-state index in [2.05, 4.69) is 24.1 Å². The smallest absolute Gasteiger partial charge is 0.0942 e. The molecule has 1 aromatic rings. The number of piperidine rings is 1. The fourth-order valence-electron chi connectivity index (χ4n) is 3.36. The molecular formula is C20H36Cl2N2O. The minimum absolute atomic E-state index is 0. The number of nitrogens with zero attached hydrogens (tertiary/aromatic N) is 1. The molecule has 0 radical (unpaired) electrons. The Morgan fingerprint density at radius 2 is 1.64 bits per heavy atom. The summed E-state index contributed by atoms with van der Waals surface area (Å²) in [5, 5.41) is 14.4. The topological polar surface area (TPSA) is 35.5 Å². The molecule has 1 fully saturated rings. The normalized spacial score (nSPS) is 17.4. The van der Waals surface area contributed by atoms with Crippen molar-refractivity contribution in [3.63, 3.8) is 0 Å². The van der Waals surface area contributed by atoms with Crippen molar-refractivity contribution in [1.29, 1.82) is 0 Å². The van der Waals surface area contributed by atoms with E-state index in [9.17, 15) is 5.11 Å². The molecule has 1 aliphatic heterocycles. The lowest BCUT2D eigenvalue weighted by Crippen LogP contribution is -2.41. The van der Waals surface area contributed by atoms with Crippen LogP contribution in [0.15, 0.2) is 30.3 Å². The van der Waals surface area contributed by atoms with Crippen LogP contribution in [0, 0.1) is 5.92 Å². The third kappa shape index (κ3) is 9.25. The van der Waals surface area contributed by atoms with Crippen LogP contribution >= 0.6 is 24.8 Å². The van der Waals surface area contributed by atoms with Gasteiger partial charge >= 0.3 is 0 Å². The van der Waals surface area contributed by atoms with Gasteiger partial charge in [0.2, 0.25) is 0 Å². The highest BCUT2D eigenvalue weighted by molar-refractivity contribution is 5.85. The molecular weight excluding hydrogens is 355 g/mol. The maximum absolute atomic E-state index is 10.8. The number of rotatable bonds is 9. The lowest BCUT2D eigenvalue weighted by molar-refractivity contribution is 0.117. The molecule has 1 aromatic carbocycles. The standard InChI is InChI=1S/C20H34N2O.2ClH/c1-17(2)11-12-19(20(23)18-9-5-3-6-10-18)21-13-16-22-14-7-4-8-15-22;;/h3,5-6,9-10,17,19-21,23H,4,7-8,11-16H2,1-2H3;2*1H/t19-,20+;;/m0../s1. The van der Waals surface area contributed by atoms with Crippen LogP contribution in [0.1, 0.15) is 57.6 Å². The molecule has 25 heavy (non-hydrogen) atoms.